The second-order valence-corrected chi connectivity index (χ2v) is 3.27. The second kappa shape index (κ2) is 4.73. The van der Waals surface area contributed by atoms with Crippen LogP contribution in [0.15, 0.2) is 12.1 Å². The van der Waals surface area contributed by atoms with E-state index in [1.165, 1.54) is 19.1 Å². The molecule has 4 nitrogen and oxygen atoms in total. The number of rotatable bonds is 3. The first-order chi connectivity index (χ1) is 7.00. The van der Waals surface area contributed by atoms with E-state index >= 15 is 0 Å². The molecule has 0 heterocycles. The number of hydrogen-bond donors (Lipinski definition) is 3. The summed E-state index contributed by atoms with van der Waals surface area (Å²) in [6.07, 6.45) is 0.513. The molecule has 2 radical (unpaired) electrons. The van der Waals surface area contributed by atoms with E-state index in [2.05, 4.69) is 5.32 Å². The molecule has 15 heavy (non-hydrogen) atoms. The van der Waals surface area contributed by atoms with Crippen molar-refractivity contribution in [2.75, 3.05) is 6.54 Å². The van der Waals surface area contributed by atoms with E-state index in [0.717, 1.165) is 0 Å². The maximum Gasteiger partial charge on any atom is 0.216 e. The van der Waals surface area contributed by atoms with Gasteiger partial charge in [0.2, 0.25) is 5.91 Å². The van der Waals surface area contributed by atoms with Gasteiger partial charge in [0.1, 0.15) is 7.85 Å². The Kier molecular flexibility index (Phi) is 3.60. The number of carbonyl (C=O) groups is 1. The number of phenolic OH excluding ortho intramolecular Hbond substituents is 2. The Morgan fingerprint density at radius 2 is 2.00 bits per heavy atom. The summed E-state index contributed by atoms with van der Waals surface area (Å²) in [5.74, 6) is -0.561. The maximum atomic E-state index is 10.6. The molecule has 0 aliphatic rings. The van der Waals surface area contributed by atoms with Crippen molar-refractivity contribution in [1.82, 2.24) is 5.32 Å². The first-order valence-electron chi connectivity index (χ1n) is 4.55. The van der Waals surface area contributed by atoms with E-state index < -0.39 is 0 Å². The van der Waals surface area contributed by atoms with Crippen LogP contribution in [-0.2, 0) is 11.2 Å². The molecule has 0 fully saturated rings. The van der Waals surface area contributed by atoms with E-state index in [-0.39, 0.29) is 17.4 Å². The first kappa shape index (κ1) is 11.4. The predicted octanol–water partition coefficient (Wildman–Crippen LogP) is -0.430. The normalized spacial score (nSPS) is 9.93. The van der Waals surface area contributed by atoms with Gasteiger partial charge < -0.3 is 15.5 Å². The smallest absolute Gasteiger partial charge is 0.216 e. The van der Waals surface area contributed by atoms with Crippen molar-refractivity contribution in [3.05, 3.63) is 17.7 Å². The van der Waals surface area contributed by atoms with Crippen molar-refractivity contribution in [1.29, 1.82) is 0 Å². The maximum absolute atomic E-state index is 10.6. The largest absolute Gasteiger partial charge is 0.504 e. The van der Waals surface area contributed by atoms with Gasteiger partial charge in [-0.3, -0.25) is 4.79 Å². The van der Waals surface area contributed by atoms with Crippen molar-refractivity contribution in [3.8, 4) is 11.5 Å². The lowest BCUT2D eigenvalue weighted by molar-refractivity contribution is -0.118. The standard InChI is InChI=1S/C10H12BNO3/c1-6(13)12-3-2-7-4-9(14)10(15)5-8(7)11/h4-5,14-15H,2-3H2,1H3,(H,12,13). The van der Waals surface area contributed by atoms with Crippen molar-refractivity contribution in [3.63, 3.8) is 0 Å². The number of hydrogen-bond acceptors (Lipinski definition) is 3. The molecule has 0 unspecified atom stereocenters. The van der Waals surface area contributed by atoms with E-state index in [4.69, 9.17) is 13.0 Å². The van der Waals surface area contributed by atoms with Gasteiger partial charge >= 0.3 is 0 Å². The zero-order valence-corrected chi connectivity index (χ0v) is 8.45. The van der Waals surface area contributed by atoms with Crippen molar-refractivity contribution in [2.24, 2.45) is 0 Å². The Morgan fingerprint density at radius 3 is 2.60 bits per heavy atom. The van der Waals surface area contributed by atoms with Crippen LogP contribution in [0.4, 0.5) is 0 Å². The summed E-state index contributed by atoms with van der Waals surface area (Å²) in [7, 11) is 5.62. The minimum absolute atomic E-state index is 0.114. The molecule has 0 atom stereocenters. The Balaban J connectivity index is 2.69. The number of carbonyl (C=O) groups excluding carboxylic acids is 1. The SMILES string of the molecule is [B]c1cc(O)c(O)cc1CCNC(C)=O. The molecule has 0 saturated heterocycles. The Hall–Kier alpha value is -1.65. The van der Waals surface area contributed by atoms with Gasteiger partial charge in [-0.1, -0.05) is 5.46 Å². The van der Waals surface area contributed by atoms with Gasteiger partial charge in [-0.05, 0) is 24.1 Å². The van der Waals surface area contributed by atoms with Crippen LogP contribution < -0.4 is 10.8 Å². The lowest BCUT2D eigenvalue weighted by Gasteiger charge is -2.08. The summed E-state index contributed by atoms with van der Waals surface area (Å²) in [6, 6.07) is 2.69. The molecule has 0 saturated carbocycles. The molecule has 0 aliphatic heterocycles. The van der Waals surface area contributed by atoms with Gasteiger partial charge in [0.15, 0.2) is 11.5 Å². The van der Waals surface area contributed by atoms with Crippen LogP contribution in [0.2, 0.25) is 0 Å². The first-order valence-corrected chi connectivity index (χ1v) is 4.55. The number of phenols is 2. The number of amides is 1. The van der Waals surface area contributed by atoms with E-state index in [0.29, 0.717) is 24.0 Å². The molecule has 3 N–H and O–H groups in total. The topological polar surface area (TPSA) is 69.6 Å². The molecule has 1 aromatic rings. The Labute approximate surface area is 89.3 Å². The average molecular weight is 205 g/mol. The van der Waals surface area contributed by atoms with Crippen LogP contribution in [0.5, 0.6) is 11.5 Å². The number of nitrogens with one attached hydrogen (secondary N) is 1. The molecule has 0 bridgehead atoms. The highest BCUT2D eigenvalue weighted by molar-refractivity contribution is 6.33. The van der Waals surface area contributed by atoms with E-state index in [1.54, 1.807) is 0 Å². The van der Waals surface area contributed by atoms with Crippen LogP contribution in [-0.4, -0.2) is 30.5 Å². The van der Waals surface area contributed by atoms with Gasteiger partial charge in [-0.15, -0.1) is 0 Å². The van der Waals surface area contributed by atoms with Crippen molar-refractivity contribution < 1.29 is 15.0 Å². The third kappa shape index (κ3) is 3.20. The zero-order valence-electron chi connectivity index (χ0n) is 8.45. The highest BCUT2D eigenvalue weighted by Crippen LogP contribution is 2.23. The molecule has 0 aromatic heterocycles. The summed E-state index contributed by atoms with van der Waals surface area (Å²) < 4.78 is 0. The second-order valence-electron chi connectivity index (χ2n) is 3.27. The molecule has 0 aliphatic carbocycles. The highest BCUT2D eigenvalue weighted by Gasteiger charge is 2.04. The Bertz CT molecular complexity index is 379. The van der Waals surface area contributed by atoms with Gasteiger partial charge in [-0.25, -0.2) is 0 Å². The number of aromatic hydroxyl groups is 2. The van der Waals surface area contributed by atoms with Gasteiger partial charge in [-0.2, -0.15) is 0 Å². The lowest BCUT2D eigenvalue weighted by Crippen LogP contribution is -2.24. The summed E-state index contributed by atoms with van der Waals surface area (Å²) in [5.41, 5.74) is 1.09. The van der Waals surface area contributed by atoms with Crippen LogP contribution >= 0.6 is 0 Å². The molecule has 78 valence electrons. The predicted molar refractivity (Wildman–Crippen MR) is 57.5 cm³/mol. The summed E-state index contributed by atoms with van der Waals surface area (Å²) in [6.45, 7) is 1.88. The molecular weight excluding hydrogens is 193 g/mol. The van der Waals surface area contributed by atoms with Crippen LogP contribution in [0.3, 0.4) is 0 Å². The molecule has 0 spiro atoms. The number of benzene rings is 1. The fraction of sp³-hybridized carbons (Fsp3) is 0.300. The molecule has 1 rings (SSSR count). The monoisotopic (exact) mass is 205 g/mol. The lowest BCUT2D eigenvalue weighted by atomic mass is 9.88. The fourth-order valence-electron chi connectivity index (χ4n) is 1.23. The van der Waals surface area contributed by atoms with E-state index in [9.17, 15) is 9.90 Å². The fourth-order valence-corrected chi connectivity index (χ4v) is 1.23. The minimum Gasteiger partial charge on any atom is -0.504 e. The molecule has 5 heteroatoms. The van der Waals surface area contributed by atoms with Crippen LogP contribution in [0, 0.1) is 0 Å². The van der Waals surface area contributed by atoms with Crippen LogP contribution in [0.25, 0.3) is 0 Å². The third-order valence-corrected chi connectivity index (χ3v) is 2.00. The molecule has 1 aromatic carbocycles. The summed E-state index contributed by atoms with van der Waals surface area (Å²) in [4.78, 5) is 10.6. The zero-order chi connectivity index (χ0) is 11.4. The molecule has 1 amide bonds. The highest BCUT2D eigenvalue weighted by atomic mass is 16.3. The van der Waals surface area contributed by atoms with Crippen molar-refractivity contribution in [2.45, 2.75) is 13.3 Å². The van der Waals surface area contributed by atoms with E-state index in [1.807, 2.05) is 0 Å². The molecular formula is C10H12BNO3. The average Bonchev–Trinajstić information content (AvgIpc) is 2.13. The van der Waals surface area contributed by atoms with Crippen LogP contribution in [0.1, 0.15) is 12.5 Å². The third-order valence-electron chi connectivity index (χ3n) is 2.00. The van der Waals surface area contributed by atoms with Crippen molar-refractivity contribution >= 4 is 19.2 Å². The minimum atomic E-state index is -0.240. The van der Waals surface area contributed by atoms with Gasteiger partial charge in [0, 0.05) is 13.5 Å². The Morgan fingerprint density at radius 1 is 1.40 bits per heavy atom. The summed E-state index contributed by atoms with van der Waals surface area (Å²) >= 11 is 0. The van der Waals surface area contributed by atoms with Gasteiger partial charge in [0.05, 0.1) is 0 Å². The quantitative estimate of drug-likeness (QED) is 0.463. The summed E-state index contributed by atoms with van der Waals surface area (Å²) in [5, 5.41) is 21.0. The van der Waals surface area contributed by atoms with Gasteiger partial charge in [0.25, 0.3) is 0 Å².